The van der Waals surface area contributed by atoms with Gasteiger partial charge in [0.1, 0.15) is 5.75 Å². The monoisotopic (exact) mass is 386 g/mol. The number of carbonyl (C=O) groups excluding carboxylic acids is 1. The van der Waals surface area contributed by atoms with Gasteiger partial charge < -0.3 is 9.64 Å². The molecule has 1 unspecified atom stereocenters. The summed E-state index contributed by atoms with van der Waals surface area (Å²) >= 11 is 0. The zero-order valence-electron chi connectivity index (χ0n) is 15.2. The summed E-state index contributed by atoms with van der Waals surface area (Å²) in [5.74, 6) is 0.480. The summed E-state index contributed by atoms with van der Waals surface area (Å²) in [6.45, 7) is 3.19. The van der Waals surface area contributed by atoms with Crippen molar-refractivity contribution in [1.82, 2.24) is 9.21 Å². The normalized spacial score (nSPS) is 20.1. The second-order valence-electron chi connectivity index (χ2n) is 6.75. The number of fused-ring (bicyclic) bond motifs is 3. The van der Waals surface area contributed by atoms with E-state index in [1.54, 1.807) is 12.1 Å². The van der Waals surface area contributed by atoms with E-state index in [2.05, 4.69) is 6.07 Å². The molecular weight excluding hydrogens is 364 g/mol. The van der Waals surface area contributed by atoms with Gasteiger partial charge in [-0.05, 0) is 48.7 Å². The molecule has 27 heavy (non-hydrogen) atoms. The van der Waals surface area contributed by atoms with Gasteiger partial charge in [-0.2, -0.15) is 4.31 Å². The molecule has 142 valence electrons. The molecule has 0 N–H and O–H groups in total. The van der Waals surface area contributed by atoms with Crippen molar-refractivity contribution in [3.63, 3.8) is 0 Å². The Bertz CT molecular complexity index is 956. The smallest absolute Gasteiger partial charge is 0.243 e. The SMILES string of the molecule is CCOc1ccc(S(=O)(=O)N2CC(=O)N3CCc4ccccc4C3C2)cc1. The minimum atomic E-state index is -3.75. The molecule has 0 radical (unpaired) electrons. The highest BCUT2D eigenvalue weighted by Gasteiger charge is 2.41. The van der Waals surface area contributed by atoms with E-state index in [1.807, 2.05) is 30.0 Å². The number of hydrogen-bond acceptors (Lipinski definition) is 4. The molecule has 2 aliphatic rings. The largest absolute Gasteiger partial charge is 0.494 e. The van der Waals surface area contributed by atoms with Gasteiger partial charge in [0, 0.05) is 13.1 Å². The van der Waals surface area contributed by atoms with Crippen LogP contribution in [-0.4, -0.2) is 49.8 Å². The van der Waals surface area contributed by atoms with Gasteiger partial charge >= 0.3 is 0 Å². The van der Waals surface area contributed by atoms with Crippen molar-refractivity contribution in [1.29, 1.82) is 0 Å². The molecule has 0 bridgehead atoms. The lowest BCUT2D eigenvalue weighted by Gasteiger charge is -2.44. The van der Waals surface area contributed by atoms with Crippen molar-refractivity contribution in [3.05, 3.63) is 59.7 Å². The first kappa shape index (κ1) is 18.0. The fourth-order valence-corrected chi connectivity index (χ4v) is 5.25. The Labute approximate surface area is 159 Å². The molecule has 0 spiro atoms. The highest BCUT2D eigenvalue weighted by atomic mass is 32.2. The number of sulfonamides is 1. The highest BCUT2D eigenvalue weighted by molar-refractivity contribution is 7.89. The van der Waals surface area contributed by atoms with Gasteiger partial charge in [0.15, 0.2) is 0 Å². The molecule has 0 saturated carbocycles. The van der Waals surface area contributed by atoms with Gasteiger partial charge in [-0.25, -0.2) is 8.42 Å². The third-order valence-electron chi connectivity index (χ3n) is 5.19. The molecule has 2 heterocycles. The van der Waals surface area contributed by atoms with Crippen molar-refractivity contribution in [2.75, 3.05) is 26.2 Å². The Kier molecular flexibility index (Phi) is 4.65. The number of ether oxygens (including phenoxy) is 1. The topological polar surface area (TPSA) is 66.9 Å². The van der Waals surface area contributed by atoms with Crippen LogP contribution in [0, 0.1) is 0 Å². The number of carbonyl (C=O) groups is 1. The maximum atomic E-state index is 13.1. The van der Waals surface area contributed by atoms with Crippen LogP contribution in [0.2, 0.25) is 0 Å². The van der Waals surface area contributed by atoms with Crippen molar-refractivity contribution in [2.45, 2.75) is 24.3 Å². The molecule has 7 heteroatoms. The van der Waals surface area contributed by atoms with Crippen LogP contribution in [0.5, 0.6) is 5.75 Å². The molecule has 1 fully saturated rings. The number of amides is 1. The van der Waals surface area contributed by atoms with E-state index < -0.39 is 10.0 Å². The van der Waals surface area contributed by atoms with Crippen molar-refractivity contribution < 1.29 is 17.9 Å². The molecule has 0 aromatic heterocycles. The lowest BCUT2D eigenvalue weighted by molar-refractivity contribution is -0.138. The molecule has 2 aromatic rings. The zero-order chi connectivity index (χ0) is 19.0. The standard InChI is InChI=1S/C20H22N2O4S/c1-2-26-16-7-9-17(10-8-16)27(24,25)21-13-19-18-6-4-3-5-15(18)11-12-22(19)20(23)14-21/h3-10,19H,2,11-14H2,1H3. The number of hydrogen-bond donors (Lipinski definition) is 0. The van der Waals surface area contributed by atoms with Crippen LogP contribution in [0.3, 0.4) is 0 Å². The minimum Gasteiger partial charge on any atom is -0.494 e. The van der Waals surface area contributed by atoms with E-state index in [9.17, 15) is 13.2 Å². The van der Waals surface area contributed by atoms with Crippen LogP contribution in [-0.2, 0) is 21.2 Å². The molecule has 4 rings (SSSR count). The molecule has 1 saturated heterocycles. The third-order valence-corrected chi connectivity index (χ3v) is 7.02. The maximum absolute atomic E-state index is 13.1. The van der Waals surface area contributed by atoms with Crippen LogP contribution < -0.4 is 4.74 Å². The first-order valence-corrected chi connectivity index (χ1v) is 10.5. The molecule has 0 aliphatic carbocycles. The Morgan fingerprint density at radius 3 is 2.59 bits per heavy atom. The Balaban J connectivity index is 1.64. The number of piperazine rings is 1. The summed E-state index contributed by atoms with van der Waals surface area (Å²) in [6, 6.07) is 14.1. The Morgan fingerprint density at radius 2 is 1.85 bits per heavy atom. The number of rotatable bonds is 4. The third kappa shape index (κ3) is 3.21. The van der Waals surface area contributed by atoms with Gasteiger partial charge in [-0.15, -0.1) is 0 Å². The molecule has 6 nitrogen and oxygen atoms in total. The zero-order valence-corrected chi connectivity index (χ0v) is 16.0. The van der Waals surface area contributed by atoms with Gasteiger partial charge in [0.2, 0.25) is 15.9 Å². The average Bonchev–Trinajstić information content (AvgIpc) is 2.68. The second kappa shape index (κ2) is 6.98. The predicted molar refractivity (Wildman–Crippen MR) is 101 cm³/mol. The van der Waals surface area contributed by atoms with Crippen LogP contribution in [0.1, 0.15) is 24.1 Å². The predicted octanol–water partition coefficient (Wildman–Crippen LogP) is 2.22. The molecule has 2 aromatic carbocycles. The van der Waals surface area contributed by atoms with E-state index in [1.165, 1.54) is 22.0 Å². The van der Waals surface area contributed by atoms with E-state index >= 15 is 0 Å². The molecular formula is C20H22N2O4S. The van der Waals surface area contributed by atoms with Gasteiger partial charge in [0.05, 0.1) is 24.1 Å². The Hall–Kier alpha value is -2.38. The number of benzene rings is 2. The van der Waals surface area contributed by atoms with Crippen molar-refractivity contribution in [3.8, 4) is 5.75 Å². The number of nitrogens with zero attached hydrogens (tertiary/aromatic N) is 2. The fraction of sp³-hybridized carbons (Fsp3) is 0.350. The molecule has 2 aliphatic heterocycles. The summed E-state index contributed by atoms with van der Waals surface area (Å²) in [5, 5.41) is 0. The van der Waals surface area contributed by atoms with Gasteiger partial charge in [-0.1, -0.05) is 24.3 Å². The summed E-state index contributed by atoms with van der Waals surface area (Å²) in [6.07, 6.45) is 0.810. The lowest BCUT2D eigenvalue weighted by atomic mass is 9.91. The van der Waals surface area contributed by atoms with Crippen LogP contribution >= 0.6 is 0 Å². The van der Waals surface area contributed by atoms with Crippen LogP contribution in [0.15, 0.2) is 53.4 Å². The fourth-order valence-electron chi connectivity index (χ4n) is 3.85. The maximum Gasteiger partial charge on any atom is 0.243 e. The highest BCUT2D eigenvalue weighted by Crippen LogP contribution is 2.34. The first-order valence-electron chi connectivity index (χ1n) is 9.11. The van der Waals surface area contributed by atoms with E-state index in [-0.39, 0.29) is 29.9 Å². The summed E-state index contributed by atoms with van der Waals surface area (Å²) in [7, 11) is -3.75. The summed E-state index contributed by atoms with van der Waals surface area (Å²) in [5.41, 5.74) is 2.23. The average molecular weight is 386 g/mol. The quantitative estimate of drug-likeness (QED) is 0.808. The van der Waals surface area contributed by atoms with Crippen LogP contribution in [0.25, 0.3) is 0 Å². The van der Waals surface area contributed by atoms with Crippen LogP contribution in [0.4, 0.5) is 0 Å². The van der Waals surface area contributed by atoms with E-state index in [0.29, 0.717) is 18.9 Å². The van der Waals surface area contributed by atoms with Gasteiger partial charge in [-0.3, -0.25) is 4.79 Å². The van der Waals surface area contributed by atoms with Crippen molar-refractivity contribution in [2.24, 2.45) is 0 Å². The minimum absolute atomic E-state index is 0.117. The summed E-state index contributed by atoms with van der Waals surface area (Å²) in [4.78, 5) is 14.7. The van der Waals surface area contributed by atoms with E-state index in [4.69, 9.17) is 4.74 Å². The van der Waals surface area contributed by atoms with Crippen molar-refractivity contribution >= 4 is 15.9 Å². The molecule has 1 amide bonds. The lowest BCUT2D eigenvalue weighted by Crippen LogP contribution is -2.55. The molecule has 1 atom stereocenters. The first-order chi connectivity index (χ1) is 13.0. The summed E-state index contributed by atoms with van der Waals surface area (Å²) < 4.78 is 32.9. The van der Waals surface area contributed by atoms with Gasteiger partial charge in [0.25, 0.3) is 0 Å². The Morgan fingerprint density at radius 1 is 1.11 bits per heavy atom. The van der Waals surface area contributed by atoms with E-state index in [0.717, 1.165) is 12.0 Å². The second-order valence-corrected chi connectivity index (χ2v) is 8.69.